The van der Waals surface area contributed by atoms with Gasteiger partial charge in [-0.25, -0.2) is 9.37 Å². The van der Waals surface area contributed by atoms with E-state index in [0.717, 1.165) is 5.69 Å². The molecule has 0 unspecified atom stereocenters. The van der Waals surface area contributed by atoms with E-state index >= 15 is 0 Å². The smallest absolute Gasteiger partial charge is 0.268 e. The van der Waals surface area contributed by atoms with Crippen LogP contribution >= 0.6 is 11.3 Å². The molecule has 4 nitrogen and oxygen atoms in total. The van der Waals surface area contributed by atoms with Crippen molar-refractivity contribution in [1.82, 2.24) is 9.97 Å². The average Bonchev–Trinajstić information content (AvgIpc) is 2.87. The summed E-state index contributed by atoms with van der Waals surface area (Å²) in [5.74, 6) is 0.275. The summed E-state index contributed by atoms with van der Waals surface area (Å²) in [4.78, 5) is 18.8. The maximum Gasteiger partial charge on any atom is 0.268 e. The van der Waals surface area contributed by atoms with Crippen molar-refractivity contribution in [3.63, 3.8) is 0 Å². The van der Waals surface area contributed by atoms with Crippen molar-refractivity contribution in [2.24, 2.45) is 0 Å². The van der Waals surface area contributed by atoms with Gasteiger partial charge in [0, 0.05) is 5.69 Å². The molecule has 0 fully saturated rings. The van der Waals surface area contributed by atoms with Gasteiger partial charge in [-0.15, -0.1) is 11.3 Å². The Morgan fingerprint density at radius 3 is 2.84 bits per heavy atom. The molecule has 0 bridgehead atoms. The minimum absolute atomic E-state index is 0.129. The quantitative estimate of drug-likeness (QED) is 0.772. The van der Waals surface area contributed by atoms with Gasteiger partial charge in [-0.2, -0.15) is 0 Å². The maximum absolute atomic E-state index is 12.8. The molecule has 2 N–H and O–H groups in total. The zero-order valence-corrected chi connectivity index (χ0v) is 10.6. The Labute approximate surface area is 111 Å². The lowest BCUT2D eigenvalue weighted by Crippen LogP contribution is -2.13. The molecule has 0 aliphatic heterocycles. The van der Waals surface area contributed by atoms with Crippen LogP contribution in [0, 0.1) is 5.82 Å². The molecule has 0 atom stereocenters. The first kappa shape index (κ1) is 11.9. The fraction of sp³-hybridized carbons (Fsp3) is 0.0769. The van der Waals surface area contributed by atoms with Gasteiger partial charge < -0.3 is 10.3 Å². The topological polar surface area (TPSA) is 57.8 Å². The lowest BCUT2D eigenvalue weighted by atomic mass is 10.3. The van der Waals surface area contributed by atoms with Crippen molar-refractivity contribution >= 4 is 27.2 Å². The van der Waals surface area contributed by atoms with Gasteiger partial charge in [-0.3, -0.25) is 4.79 Å². The van der Waals surface area contributed by atoms with Crippen molar-refractivity contribution in [3.8, 4) is 0 Å². The van der Waals surface area contributed by atoms with Gasteiger partial charge in [0.25, 0.3) is 5.56 Å². The van der Waals surface area contributed by atoms with Gasteiger partial charge >= 0.3 is 0 Å². The van der Waals surface area contributed by atoms with E-state index in [4.69, 9.17) is 0 Å². The van der Waals surface area contributed by atoms with Crippen molar-refractivity contribution in [3.05, 3.63) is 57.7 Å². The second kappa shape index (κ2) is 4.81. The minimum atomic E-state index is -0.281. The second-order valence-corrected chi connectivity index (χ2v) is 4.92. The third-order valence-corrected chi connectivity index (χ3v) is 3.57. The SMILES string of the molecule is O=c1[nH]c(CNc2ccc(F)cc2)nc2ccsc12. The van der Waals surface area contributed by atoms with E-state index < -0.39 is 0 Å². The summed E-state index contributed by atoms with van der Waals surface area (Å²) < 4.78 is 13.4. The van der Waals surface area contributed by atoms with E-state index in [1.165, 1.54) is 23.5 Å². The standard InChI is InChI=1S/C13H10FN3OS/c14-8-1-3-9(4-2-8)15-7-11-16-10-5-6-19-12(10)13(18)17-11/h1-6,15H,7H2,(H,16,17,18). The molecule has 0 aliphatic carbocycles. The molecular weight excluding hydrogens is 265 g/mol. The van der Waals surface area contributed by atoms with Gasteiger partial charge in [0.05, 0.1) is 12.1 Å². The Hall–Kier alpha value is -2.21. The molecule has 1 aromatic carbocycles. The lowest BCUT2D eigenvalue weighted by molar-refractivity contribution is 0.628. The highest BCUT2D eigenvalue weighted by molar-refractivity contribution is 7.17. The Balaban J connectivity index is 1.81. The van der Waals surface area contributed by atoms with Crippen LogP contribution in [0.5, 0.6) is 0 Å². The number of nitrogens with one attached hydrogen (secondary N) is 2. The van der Waals surface area contributed by atoms with Crippen LogP contribution in [0.2, 0.25) is 0 Å². The Kier molecular flexibility index (Phi) is 3.00. The van der Waals surface area contributed by atoms with E-state index in [0.29, 0.717) is 22.6 Å². The summed E-state index contributed by atoms with van der Waals surface area (Å²) >= 11 is 1.37. The van der Waals surface area contributed by atoms with E-state index in [2.05, 4.69) is 15.3 Å². The van der Waals surface area contributed by atoms with Crippen LogP contribution in [0.15, 0.2) is 40.5 Å². The largest absolute Gasteiger partial charge is 0.378 e. The Bertz CT molecular complexity index is 763. The highest BCUT2D eigenvalue weighted by Gasteiger charge is 2.04. The average molecular weight is 275 g/mol. The number of benzene rings is 1. The number of anilines is 1. The van der Waals surface area contributed by atoms with Crippen LogP contribution in [-0.2, 0) is 6.54 Å². The molecule has 0 aliphatic rings. The monoisotopic (exact) mass is 275 g/mol. The third-order valence-electron chi connectivity index (χ3n) is 2.67. The van der Waals surface area contributed by atoms with Gasteiger partial charge in [0.2, 0.25) is 0 Å². The first-order valence-corrected chi connectivity index (χ1v) is 6.56. The number of fused-ring (bicyclic) bond motifs is 1. The number of hydrogen-bond donors (Lipinski definition) is 2. The molecule has 0 saturated heterocycles. The molecule has 0 amide bonds. The van der Waals surface area contributed by atoms with Gasteiger partial charge in [0.15, 0.2) is 0 Å². The summed E-state index contributed by atoms with van der Waals surface area (Å²) in [6, 6.07) is 7.84. The zero-order chi connectivity index (χ0) is 13.2. The molecule has 0 spiro atoms. The van der Waals surface area contributed by atoms with Gasteiger partial charge in [-0.05, 0) is 35.7 Å². The fourth-order valence-electron chi connectivity index (χ4n) is 1.76. The number of nitrogens with zero attached hydrogens (tertiary/aromatic N) is 1. The molecule has 2 heterocycles. The van der Waals surface area contributed by atoms with Gasteiger partial charge in [-0.1, -0.05) is 0 Å². The van der Waals surface area contributed by atoms with Crippen LogP contribution in [0.3, 0.4) is 0 Å². The number of rotatable bonds is 3. The summed E-state index contributed by atoms with van der Waals surface area (Å²) in [6.07, 6.45) is 0. The first-order chi connectivity index (χ1) is 9.22. The number of aromatic amines is 1. The Morgan fingerprint density at radius 1 is 1.26 bits per heavy atom. The van der Waals surface area contributed by atoms with E-state index in [1.54, 1.807) is 12.1 Å². The second-order valence-electron chi connectivity index (χ2n) is 4.01. The number of halogens is 1. The predicted octanol–water partition coefficient (Wildman–Crippen LogP) is 2.74. The van der Waals surface area contributed by atoms with Gasteiger partial charge in [0.1, 0.15) is 16.3 Å². The van der Waals surface area contributed by atoms with E-state index in [9.17, 15) is 9.18 Å². The lowest BCUT2D eigenvalue weighted by Gasteiger charge is -2.05. The molecule has 96 valence electrons. The summed E-state index contributed by atoms with van der Waals surface area (Å²) in [5, 5.41) is 4.91. The summed E-state index contributed by atoms with van der Waals surface area (Å²) in [7, 11) is 0. The van der Waals surface area contributed by atoms with Crippen molar-refractivity contribution < 1.29 is 4.39 Å². The first-order valence-electron chi connectivity index (χ1n) is 5.68. The zero-order valence-electron chi connectivity index (χ0n) is 9.81. The van der Waals surface area contributed by atoms with Crippen molar-refractivity contribution in [2.45, 2.75) is 6.54 Å². The third kappa shape index (κ3) is 2.48. The number of aromatic nitrogens is 2. The highest BCUT2D eigenvalue weighted by Crippen LogP contribution is 2.14. The Morgan fingerprint density at radius 2 is 2.05 bits per heavy atom. The molecule has 0 saturated carbocycles. The molecule has 19 heavy (non-hydrogen) atoms. The van der Waals surface area contributed by atoms with Crippen LogP contribution in [-0.4, -0.2) is 9.97 Å². The molecule has 0 radical (unpaired) electrons. The number of H-pyrrole nitrogens is 1. The summed E-state index contributed by atoms with van der Waals surface area (Å²) in [6.45, 7) is 0.382. The number of hydrogen-bond acceptors (Lipinski definition) is 4. The predicted molar refractivity (Wildman–Crippen MR) is 74.0 cm³/mol. The van der Waals surface area contributed by atoms with Crippen molar-refractivity contribution in [1.29, 1.82) is 0 Å². The van der Waals surface area contributed by atoms with Crippen molar-refractivity contribution in [2.75, 3.05) is 5.32 Å². The molecular formula is C13H10FN3OS. The minimum Gasteiger partial charge on any atom is -0.378 e. The van der Waals surface area contributed by atoms with Crippen LogP contribution in [0.1, 0.15) is 5.82 Å². The fourth-order valence-corrected chi connectivity index (χ4v) is 2.48. The molecule has 2 aromatic heterocycles. The normalized spacial score (nSPS) is 10.8. The number of thiophene rings is 1. The van der Waals surface area contributed by atoms with E-state index in [-0.39, 0.29) is 11.4 Å². The van der Waals surface area contributed by atoms with Crippen LogP contribution < -0.4 is 10.9 Å². The summed E-state index contributed by atoms with van der Waals surface area (Å²) in [5.41, 5.74) is 1.34. The molecule has 3 rings (SSSR count). The van der Waals surface area contributed by atoms with Crippen LogP contribution in [0.25, 0.3) is 10.2 Å². The highest BCUT2D eigenvalue weighted by atomic mass is 32.1. The molecule has 6 heteroatoms. The maximum atomic E-state index is 12.8. The van der Waals surface area contributed by atoms with E-state index in [1.807, 2.05) is 11.4 Å². The molecule has 3 aromatic rings. The van der Waals surface area contributed by atoms with Crippen LogP contribution in [0.4, 0.5) is 10.1 Å².